The summed E-state index contributed by atoms with van der Waals surface area (Å²) in [6, 6.07) is 27.7. The van der Waals surface area contributed by atoms with E-state index in [0.717, 1.165) is 44.9 Å². The fraction of sp³-hybridized carbons (Fsp3) is 0.302. The molecule has 1 fully saturated rings. The summed E-state index contributed by atoms with van der Waals surface area (Å²) in [5, 5.41) is 0. The summed E-state index contributed by atoms with van der Waals surface area (Å²) in [6.45, 7) is 2.57. The maximum atomic E-state index is 14.1. The zero-order valence-electron chi connectivity index (χ0n) is 37.4. The maximum absolute atomic E-state index is 14.1. The molecule has 14 nitrogen and oxygen atoms in total. The number of ether oxygens (including phenoxy) is 4. The molecule has 0 aromatic heterocycles. The molecule has 0 saturated heterocycles. The molecule has 0 unspecified atom stereocenters. The van der Waals surface area contributed by atoms with E-state index >= 15 is 0 Å². The molecular weight excluding hydrogens is 853 g/mol. The first-order chi connectivity index (χ1) is 32.4. The Morgan fingerprint density at radius 1 is 0.716 bits per heavy atom. The van der Waals surface area contributed by atoms with E-state index in [0.29, 0.717) is 65.4 Å². The van der Waals surface area contributed by atoms with E-state index in [4.69, 9.17) is 23.9 Å². The molecule has 5 aromatic rings. The fourth-order valence-corrected chi connectivity index (χ4v) is 9.80. The zero-order valence-corrected chi connectivity index (χ0v) is 37.4. The van der Waals surface area contributed by atoms with E-state index in [1.807, 2.05) is 109 Å². The normalized spacial score (nSPS) is 18.1. The Morgan fingerprint density at radius 3 is 2.09 bits per heavy atom. The highest BCUT2D eigenvalue weighted by atomic mass is 16.6. The minimum atomic E-state index is -1.30. The van der Waals surface area contributed by atoms with Gasteiger partial charge in [0.25, 0.3) is 11.8 Å². The number of hydrogen-bond acceptors (Lipinski definition) is 12. The van der Waals surface area contributed by atoms with Crippen molar-refractivity contribution in [3.63, 3.8) is 0 Å². The van der Waals surface area contributed by atoms with Gasteiger partial charge in [-0.1, -0.05) is 36.4 Å². The van der Waals surface area contributed by atoms with Crippen molar-refractivity contribution in [1.29, 1.82) is 0 Å². The molecule has 5 aliphatic rings. The van der Waals surface area contributed by atoms with Gasteiger partial charge in [-0.2, -0.15) is 0 Å². The maximum Gasteiger partial charge on any atom is 0.307 e. The highest BCUT2D eigenvalue weighted by Crippen LogP contribution is 2.41. The van der Waals surface area contributed by atoms with Crippen LogP contribution in [0.15, 0.2) is 96.0 Å². The van der Waals surface area contributed by atoms with Crippen LogP contribution < -0.4 is 28.9 Å². The van der Waals surface area contributed by atoms with Crippen LogP contribution in [0.3, 0.4) is 0 Å². The van der Waals surface area contributed by atoms with Crippen LogP contribution in [0.25, 0.3) is 0 Å². The number of methoxy groups -OCH3 is 1. The second-order valence-corrected chi connectivity index (χ2v) is 17.7. The summed E-state index contributed by atoms with van der Waals surface area (Å²) < 4.78 is 23.9. The van der Waals surface area contributed by atoms with E-state index < -0.39 is 18.1 Å². The first-order valence-electron chi connectivity index (χ1n) is 22.5. The van der Waals surface area contributed by atoms with Crippen LogP contribution in [-0.2, 0) is 56.4 Å². The molecule has 14 heteroatoms. The van der Waals surface area contributed by atoms with Gasteiger partial charge < -0.3 is 23.8 Å². The fourth-order valence-electron chi connectivity index (χ4n) is 9.80. The van der Waals surface area contributed by atoms with Crippen molar-refractivity contribution in [3.8, 4) is 17.2 Å². The Bertz CT molecular complexity index is 2930. The van der Waals surface area contributed by atoms with Crippen LogP contribution in [0.5, 0.6) is 17.2 Å². The second kappa shape index (κ2) is 17.6. The largest absolute Gasteiger partial charge is 0.493 e. The standard InChI is InChI=1S/C53H48N4O10/c1-30-17-39-40(54-27-37-21-33-9-4-6-11-41(33)56(37)53(39)63)26-47(30)65-28-31-18-32(20-36(19-31)55(2)16-8-13-50(61)67-51-44(58)14-15-45(51)59)29-66-49-24-35-23-46(60)43-22-34-10-5-7-12-42(34)57(43)52(62)38(35)25-48(49)64-3/h4-7,9-12,17-20,24-27,37,43,51H,8,13-16,21-23,28-29H2,1-3H3/t37-,43-/m0/s1. The zero-order chi connectivity index (χ0) is 46.5. The van der Waals surface area contributed by atoms with Gasteiger partial charge in [0.05, 0.1) is 24.4 Å². The van der Waals surface area contributed by atoms with E-state index in [-0.39, 0.29) is 74.1 Å². The number of ketones is 3. The topological polar surface area (TPSA) is 161 Å². The number of anilines is 3. The van der Waals surface area contributed by atoms with Crippen LogP contribution in [0.4, 0.5) is 22.7 Å². The van der Waals surface area contributed by atoms with E-state index in [1.165, 1.54) is 7.11 Å². The van der Waals surface area contributed by atoms with Gasteiger partial charge >= 0.3 is 5.97 Å². The third-order valence-corrected chi connectivity index (χ3v) is 13.3. The Balaban J connectivity index is 0.892. The van der Waals surface area contributed by atoms with Crippen LogP contribution in [0, 0.1) is 6.92 Å². The van der Waals surface area contributed by atoms with Gasteiger partial charge in [0.1, 0.15) is 25.0 Å². The predicted molar refractivity (Wildman–Crippen MR) is 249 cm³/mol. The number of hydrogen-bond donors (Lipinski definition) is 0. The molecular formula is C53H48N4O10. The molecule has 4 aliphatic heterocycles. The van der Waals surface area contributed by atoms with Gasteiger partial charge in [0.15, 0.2) is 28.8 Å². The number of Topliss-reactive ketones (excluding diaryl/α,β-unsaturated/α-hetero) is 3. The van der Waals surface area contributed by atoms with Gasteiger partial charge in [-0.05, 0) is 95.3 Å². The number of carbonyl (C=O) groups excluding carboxylic acids is 6. The van der Waals surface area contributed by atoms with Crippen molar-refractivity contribution < 1.29 is 47.7 Å². The number of fused-ring (bicyclic) bond motifs is 8. The molecule has 340 valence electrons. The van der Waals surface area contributed by atoms with Crippen LogP contribution in [-0.4, -0.2) is 80.2 Å². The number of aliphatic imine (C=N–C) groups is 1. The van der Waals surface area contributed by atoms with Gasteiger partial charge in [0, 0.05) is 87.0 Å². The highest BCUT2D eigenvalue weighted by Gasteiger charge is 2.42. The minimum Gasteiger partial charge on any atom is -0.493 e. The van der Waals surface area contributed by atoms with Crippen molar-refractivity contribution in [3.05, 3.63) is 136 Å². The number of rotatable bonds is 13. The molecule has 4 heterocycles. The average molecular weight is 901 g/mol. The van der Waals surface area contributed by atoms with Crippen molar-refractivity contribution in [2.24, 2.45) is 4.99 Å². The highest BCUT2D eigenvalue weighted by molar-refractivity contribution is 6.16. The molecule has 2 amide bonds. The van der Waals surface area contributed by atoms with Gasteiger partial charge in [0.2, 0.25) is 6.10 Å². The molecule has 1 aliphatic carbocycles. The third kappa shape index (κ3) is 8.21. The summed E-state index contributed by atoms with van der Waals surface area (Å²) >= 11 is 0. The van der Waals surface area contributed by atoms with Crippen molar-refractivity contribution >= 4 is 64.1 Å². The van der Waals surface area contributed by atoms with E-state index in [2.05, 4.69) is 0 Å². The number of benzene rings is 5. The van der Waals surface area contributed by atoms with Gasteiger partial charge in [-0.15, -0.1) is 0 Å². The average Bonchev–Trinajstić information content (AvgIpc) is 3.96. The number of nitrogens with zero attached hydrogens (tertiary/aromatic N) is 4. The number of amides is 2. The summed E-state index contributed by atoms with van der Waals surface area (Å²) in [7, 11) is 3.40. The first kappa shape index (κ1) is 43.3. The molecule has 0 spiro atoms. The molecule has 5 aromatic carbocycles. The summed E-state index contributed by atoms with van der Waals surface area (Å²) in [6.07, 6.45) is 2.34. The summed E-state index contributed by atoms with van der Waals surface area (Å²) in [4.78, 5) is 88.7. The summed E-state index contributed by atoms with van der Waals surface area (Å²) in [5.41, 5.74) is 8.85. The number of para-hydroxylation sites is 2. The van der Waals surface area contributed by atoms with Gasteiger partial charge in [-0.25, -0.2) is 0 Å². The van der Waals surface area contributed by atoms with Crippen LogP contribution in [0.1, 0.15) is 79.8 Å². The Labute approximate surface area is 387 Å². The lowest BCUT2D eigenvalue weighted by atomic mass is 9.98. The lowest BCUT2D eigenvalue weighted by Crippen LogP contribution is -2.41. The third-order valence-electron chi connectivity index (χ3n) is 13.3. The first-order valence-corrected chi connectivity index (χ1v) is 22.5. The smallest absolute Gasteiger partial charge is 0.307 e. The van der Waals surface area contributed by atoms with Crippen LogP contribution >= 0.6 is 0 Å². The lowest BCUT2D eigenvalue weighted by molar-refractivity contribution is -0.157. The van der Waals surface area contributed by atoms with Crippen molar-refractivity contribution in [2.75, 3.05) is 35.4 Å². The predicted octanol–water partition coefficient (Wildman–Crippen LogP) is 7.21. The Kier molecular flexibility index (Phi) is 11.4. The molecule has 0 bridgehead atoms. The molecule has 2 atom stereocenters. The monoisotopic (exact) mass is 900 g/mol. The Hall–Kier alpha value is -7.61. The van der Waals surface area contributed by atoms with E-state index in [1.54, 1.807) is 17.0 Å². The summed E-state index contributed by atoms with van der Waals surface area (Å²) in [5.74, 6) is -0.464. The molecule has 67 heavy (non-hydrogen) atoms. The van der Waals surface area contributed by atoms with E-state index in [9.17, 15) is 28.8 Å². The van der Waals surface area contributed by atoms with Crippen LogP contribution in [0.2, 0.25) is 0 Å². The van der Waals surface area contributed by atoms with Crippen molar-refractivity contribution in [1.82, 2.24) is 0 Å². The molecule has 10 rings (SSSR count). The molecule has 0 N–H and O–H groups in total. The van der Waals surface area contributed by atoms with Gasteiger partial charge in [-0.3, -0.25) is 43.6 Å². The molecule has 1 saturated carbocycles. The SMILES string of the molecule is COc1cc2c(cc1OCc1cc(COc3cc4c(cc3C)C(=O)N3c5ccccc5C[C@H]3C=N4)cc(N(C)CCCC(=O)OC3C(=O)CCC3=O)c1)CC(=O)[C@@H]1Cc3ccccc3N1C2=O. The number of aryl methyl sites for hydroxylation is 1. The number of carbonyl (C=O) groups is 6. The molecule has 0 radical (unpaired) electrons. The second-order valence-electron chi connectivity index (χ2n) is 17.7. The minimum absolute atomic E-state index is 0.0158. The lowest BCUT2D eigenvalue weighted by Gasteiger charge is -2.23. The van der Waals surface area contributed by atoms with Crippen molar-refractivity contribution in [2.45, 2.75) is 83.3 Å². The Morgan fingerprint density at radius 2 is 1.37 bits per heavy atom. The number of esters is 1. The quantitative estimate of drug-likeness (QED) is 0.0868.